The Morgan fingerprint density at radius 1 is 0.882 bits per heavy atom. The van der Waals surface area contributed by atoms with E-state index in [1.165, 1.54) is 16.8 Å². The first-order valence-electron chi connectivity index (χ1n) is 10.5. The average molecular weight is 472 g/mol. The lowest BCUT2D eigenvalue weighted by Gasteiger charge is -2.11. The SMILES string of the molecule is Cc1ccc(S(=O)(=O)c2c(N)n(NC(=O)c3ccccc3C)c3nc4ccccc4nc23)cc1. The molecule has 0 bridgehead atoms. The van der Waals surface area contributed by atoms with Gasteiger partial charge in [-0.2, -0.15) is 0 Å². The molecule has 8 nitrogen and oxygen atoms in total. The lowest BCUT2D eigenvalue weighted by Crippen LogP contribution is -2.25. The van der Waals surface area contributed by atoms with Gasteiger partial charge in [0.25, 0.3) is 5.91 Å². The molecule has 0 aliphatic heterocycles. The number of carbonyl (C=O) groups excluding carboxylic acids is 1. The Morgan fingerprint density at radius 3 is 2.18 bits per heavy atom. The third-order valence-electron chi connectivity index (χ3n) is 5.66. The number of rotatable bonds is 4. The van der Waals surface area contributed by atoms with Gasteiger partial charge < -0.3 is 5.73 Å². The third kappa shape index (κ3) is 3.46. The van der Waals surface area contributed by atoms with Crippen LogP contribution in [-0.2, 0) is 9.84 Å². The number of nitrogen functional groups attached to an aromatic ring is 1. The van der Waals surface area contributed by atoms with E-state index in [0.717, 1.165) is 11.1 Å². The summed E-state index contributed by atoms with van der Waals surface area (Å²) in [5.74, 6) is -0.622. The van der Waals surface area contributed by atoms with E-state index in [1.54, 1.807) is 48.5 Å². The molecule has 0 saturated carbocycles. The van der Waals surface area contributed by atoms with Crippen LogP contribution in [0.3, 0.4) is 0 Å². The first-order valence-corrected chi connectivity index (χ1v) is 12.0. The summed E-state index contributed by atoms with van der Waals surface area (Å²) in [7, 11) is -4.07. The lowest BCUT2D eigenvalue weighted by atomic mass is 10.1. The fourth-order valence-electron chi connectivity index (χ4n) is 3.84. The zero-order valence-corrected chi connectivity index (χ0v) is 19.3. The van der Waals surface area contributed by atoms with Gasteiger partial charge in [0.1, 0.15) is 16.2 Å². The van der Waals surface area contributed by atoms with E-state index in [0.29, 0.717) is 16.6 Å². The number of para-hydroxylation sites is 2. The van der Waals surface area contributed by atoms with E-state index in [-0.39, 0.29) is 26.8 Å². The van der Waals surface area contributed by atoms with Gasteiger partial charge in [0.05, 0.1) is 15.9 Å². The van der Waals surface area contributed by atoms with Crippen LogP contribution < -0.4 is 11.2 Å². The van der Waals surface area contributed by atoms with Gasteiger partial charge in [-0.1, -0.05) is 48.0 Å². The summed E-state index contributed by atoms with van der Waals surface area (Å²) in [5, 5.41) is 0. The maximum atomic E-state index is 13.7. The van der Waals surface area contributed by atoms with E-state index in [1.807, 2.05) is 26.0 Å². The third-order valence-corrected chi connectivity index (χ3v) is 7.49. The summed E-state index contributed by atoms with van der Waals surface area (Å²) >= 11 is 0. The van der Waals surface area contributed by atoms with Crippen molar-refractivity contribution in [2.45, 2.75) is 23.6 Å². The summed E-state index contributed by atoms with van der Waals surface area (Å²) in [4.78, 5) is 22.1. The number of aryl methyl sites for hydroxylation is 2. The number of aromatic nitrogens is 3. The molecule has 0 aliphatic rings. The number of anilines is 1. The highest BCUT2D eigenvalue weighted by Crippen LogP contribution is 2.34. The highest BCUT2D eigenvalue weighted by molar-refractivity contribution is 7.92. The van der Waals surface area contributed by atoms with Crippen LogP contribution in [0.2, 0.25) is 0 Å². The Bertz CT molecular complexity index is 1690. The number of nitrogens with one attached hydrogen (secondary N) is 1. The standard InChI is InChI=1S/C25H21N5O3S/c1-15-11-13-17(14-12-15)34(32,33)22-21-24(28-20-10-6-5-9-19(20)27-21)30(23(22)26)29-25(31)18-8-4-3-7-16(18)2/h3-14H,26H2,1-2H3,(H,29,31). The topological polar surface area (TPSA) is 120 Å². The van der Waals surface area contributed by atoms with Crippen molar-refractivity contribution >= 4 is 43.8 Å². The van der Waals surface area contributed by atoms with Crippen LogP contribution in [0.25, 0.3) is 22.2 Å². The lowest BCUT2D eigenvalue weighted by molar-refractivity contribution is 0.101. The van der Waals surface area contributed by atoms with Crippen LogP contribution >= 0.6 is 0 Å². The Morgan fingerprint density at radius 2 is 1.50 bits per heavy atom. The van der Waals surface area contributed by atoms with E-state index in [9.17, 15) is 13.2 Å². The van der Waals surface area contributed by atoms with Crippen molar-refractivity contribution in [3.8, 4) is 0 Å². The number of carbonyl (C=O) groups is 1. The molecule has 0 spiro atoms. The Hall–Kier alpha value is -4.24. The Labute approximate surface area is 196 Å². The molecule has 5 aromatic rings. The number of fused-ring (bicyclic) bond motifs is 2. The van der Waals surface area contributed by atoms with Crippen molar-refractivity contribution < 1.29 is 13.2 Å². The molecule has 9 heteroatoms. The minimum Gasteiger partial charge on any atom is -0.382 e. The van der Waals surface area contributed by atoms with Gasteiger partial charge in [0, 0.05) is 5.56 Å². The molecule has 34 heavy (non-hydrogen) atoms. The molecule has 0 saturated heterocycles. The van der Waals surface area contributed by atoms with E-state index in [2.05, 4.69) is 15.4 Å². The Kier molecular flexibility index (Phi) is 5.06. The van der Waals surface area contributed by atoms with Crippen LogP contribution in [-0.4, -0.2) is 29.0 Å². The molecule has 1 amide bonds. The monoisotopic (exact) mass is 471 g/mol. The number of amides is 1. The van der Waals surface area contributed by atoms with Crippen molar-refractivity contribution in [2.75, 3.05) is 11.2 Å². The quantitative estimate of drug-likeness (QED) is 0.409. The van der Waals surface area contributed by atoms with Crippen molar-refractivity contribution in [3.05, 3.63) is 89.5 Å². The predicted molar refractivity (Wildman–Crippen MR) is 131 cm³/mol. The summed E-state index contributed by atoms with van der Waals surface area (Å²) in [6, 6.07) is 20.6. The van der Waals surface area contributed by atoms with E-state index < -0.39 is 15.7 Å². The second-order valence-electron chi connectivity index (χ2n) is 8.01. The number of benzene rings is 3. The first kappa shape index (κ1) is 21.6. The maximum absolute atomic E-state index is 13.7. The molecule has 2 heterocycles. The predicted octanol–water partition coefficient (Wildman–Crippen LogP) is 4.00. The average Bonchev–Trinajstić information content (AvgIpc) is 3.09. The highest BCUT2D eigenvalue weighted by atomic mass is 32.2. The molecular formula is C25H21N5O3S. The van der Waals surface area contributed by atoms with Crippen LogP contribution in [0, 0.1) is 13.8 Å². The summed E-state index contributed by atoms with van der Waals surface area (Å²) in [5.41, 5.74) is 12.5. The number of nitrogens with two attached hydrogens (primary N) is 1. The van der Waals surface area contributed by atoms with Gasteiger partial charge in [-0.05, 0) is 49.7 Å². The summed E-state index contributed by atoms with van der Waals surface area (Å²) in [6.07, 6.45) is 0. The van der Waals surface area contributed by atoms with Gasteiger partial charge in [0.2, 0.25) is 9.84 Å². The highest BCUT2D eigenvalue weighted by Gasteiger charge is 2.31. The van der Waals surface area contributed by atoms with E-state index in [4.69, 9.17) is 5.73 Å². The van der Waals surface area contributed by atoms with Gasteiger partial charge in [-0.25, -0.2) is 23.1 Å². The van der Waals surface area contributed by atoms with Gasteiger partial charge in [0.15, 0.2) is 5.65 Å². The molecule has 0 aliphatic carbocycles. The number of sulfone groups is 1. The molecule has 170 valence electrons. The molecule has 3 aromatic carbocycles. The zero-order chi connectivity index (χ0) is 24.0. The maximum Gasteiger partial charge on any atom is 0.270 e. The van der Waals surface area contributed by atoms with E-state index >= 15 is 0 Å². The zero-order valence-electron chi connectivity index (χ0n) is 18.5. The van der Waals surface area contributed by atoms with Gasteiger partial charge >= 0.3 is 0 Å². The molecule has 2 aromatic heterocycles. The van der Waals surface area contributed by atoms with Gasteiger partial charge in [-0.15, -0.1) is 0 Å². The van der Waals surface area contributed by atoms with Crippen molar-refractivity contribution in [2.24, 2.45) is 0 Å². The molecule has 0 radical (unpaired) electrons. The second-order valence-corrected chi connectivity index (χ2v) is 9.89. The fourth-order valence-corrected chi connectivity index (χ4v) is 5.33. The smallest absolute Gasteiger partial charge is 0.270 e. The number of hydrogen-bond donors (Lipinski definition) is 2. The normalized spacial score (nSPS) is 11.7. The van der Waals surface area contributed by atoms with Crippen LogP contribution in [0.4, 0.5) is 5.82 Å². The molecule has 3 N–H and O–H groups in total. The molecule has 0 fully saturated rings. The van der Waals surface area contributed by atoms with Crippen LogP contribution in [0.1, 0.15) is 21.5 Å². The van der Waals surface area contributed by atoms with Gasteiger partial charge in [-0.3, -0.25) is 10.2 Å². The van der Waals surface area contributed by atoms with Crippen molar-refractivity contribution in [1.82, 2.24) is 14.6 Å². The minimum absolute atomic E-state index is 0.0732. The summed E-state index contributed by atoms with van der Waals surface area (Å²) < 4.78 is 28.5. The van der Waals surface area contributed by atoms with Crippen molar-refractivity contribution in [1.29, 1.82) is 0 Å². The minimum atomic E-state index is -4.07. The molecule has 5 rings (SSSR count). The first-order chi connectivity index (χ1) is 16.3. The Balaban J connectivity index is 1.77. The fraction of sp³-hybridized carbons (Fsp3) is 0.0800. The summed E-state index contributed by atoms with van der Waals surface area (Å²) in [6.45, 7) is 3.68. The molecular weight excluding hydrogens is 450 g/mol. The van der Waals surface area contributed by atoms with Crippen LogP contribution in [0.5, 0.6) is 0 Å². The largest absolute Gasteiger partial charge is 0.382 e. The van der Waals surface area contributed by atoms with Crippen molar-refractivity contribution in [3.63, 3.8) is 0 Å². The second kappa shape index (κ2) is 7.96. The van der Waals surface area contributed by atoms with Crippen LogP contribution in [0.15, 0.2) is 82.6 Å². The molecule has 0 unspecified atom stereocenters. The number of nitrogens with zero attached hydrogens (tertiary/aromatic N) is 3. The molecule has 0 atom stereocenters. The number of hydrogen-bond acceptors (Lipinski definition) is 6.